The molecular weight excluding hydrogens is 222 g/mol. The molecule has 0 aliphatic carbocycles. The molecule has 1 N–H and O–H groups in total. The van der Waals surface area contributed by atoms with Crippen LogP contribution in [0.1, 0.15) is 17.3 Å². The fourth-order valence-electron chi connectivity index (χ4n) is 1.54. The second-order valence-corrected chi connectivity index (χ2v) is 3.38. The third kappa shape index (κ3) is 1.89. The first-order valence-electron chi connectivity index (χ1n) is 5.14. The summed E-state index contributed by atoms with van der Waals surface area (Å²) in [6, 6.07) is 0. The highest BCUT2D eigenvalue weighted by Crippen LogP contribution is 2.26. The van der Waals surface area contributed by atoms with E-state index in [0.29, 0.717) is 29.6 Å². The van der Waals surface area contributed by atoms with Gasteiger partial charge in [-0.15, -0.1) is 0 Å². The Morgan fingerprint density at radius 3 is 3.06 bits per heavy atom. The molecule has 6 heteroatoms. The number of hydrogen-bond acceptors (Lipinski definition) is 5. The highest BCUT2D eigenvalue weighted by Gasteiger charge is 2.23. The molecule has 1 aliphatic rings. The lowest BCUT2D eigenvalue weighted by Crippen LogP contribution is -2.16. The molecule has 90 valence electrons. The highest BCUT2D eigenvalue weighted by molar-refractivity contribution is 5.96. The summed E-state index contributed by atoms with van der Waals surface area (Å²) in [6.45, 7) is 5.84. The molecular formula is C11H13N3O3. The number of allylic oxidation sites excluding steroid dienone is 1. The van der Waals surface area contributed by atoms with Crippen molar-refractivity contribution in [3.8, 4) is 0 Å². The lowest BCUT2D eigenvalue weighted by atomic mass is 10.3. The summed E-state index contributed by atoms with van der Waals surface area (Å²) in [5, 5.41) is 7.03. The fraction of sp³-hybridized carbons (Fsp3) is 0.273. The van der Waals surface area contributed by atoms with E-state index in [-0.39, 0.29) is 0 Å². The zero-order valence-electron chi connectivity index (χ0n) is 9.69. The molecule has 1 aromatic rings. The number of hydrogen-bond donors (Lipinski definition) is 1. The number of esters is 1. The van der Waals surface area contributed by atoms with Gasteiger partial charge in [-0.05, 0) is 6.92 Å². The van der Waals surface area contributed by atoms with Crippen molar-refractivity contribution in [1.82, 2.24) is 9.78 Å². The van der Waals surface area contributed by atoms with Crippen LogP contribution in [0.5, 0.6) is 0 Å². The molecule has 0 radical (unpaired) electrons. The first-order chi connectivity index (χ1) is 8.17. The molecule has 0 spiro atoms. The van der Waals surface area contributed by atoms with Gasteiger partial charge in [0.15, 0.2) is 5.82 Å². The van der Waals surface area contributed by atoms with Gasteiger partial charge in [-0.3, -0.25) is 0 Å². The van der Waals surface area contributed by atoms with E-state index >= 15 is 0 Å². The minimum absolute atomic E-state index is 0.317. The van der Waals surface area contributed by atoms with Gasteiger partial charge >= 0.3 is 5.97 Å². The van der Waals surface area contributed by atoms with Crippen LogP contribution in [0.15, 0.2) is 24.5 Å². The third-order valence-corrected chi connectivity index (χ3v) is 2.26. The summed E-state index contributed by atoms with van der Waals surface area (Å²) >= 11 is 0. The van der Waals surface area contributed by atoms with E-state index in [1.807, 2.05) is 0 Å². The zero-order chi connectivity index (χ0) is 12.4. The first-order valence-corrected chi connectivity index (χ1v) is 5.14. The smallest absolute Gasteiger partial charge is 0.343 e. The van der Waals surface area contributed by atoms with Crippen LogP contribution in [0.25, 0.3) is 5.88 Å². The summed E-state index contributed by atoms with van der Waals surface area (Å²) in [7, 11) is 1.53. The molecule has 0 unspecified atom stereocenters. The van der Waals surface area contributed by atoms with Gasteiger partial charge < -0.3 is 14.8 Å². The molecule has 17 heavy (non-hydrogen) atoms. The van der Waals surface area contributed by atoms with Gasteiger partial charge in [0.1, 0.15) is 5.56 Å². The largest absolute Gasteiger partial charge is 0.481 e. The number of aromatic nitrogens is 2. The standard InChI is InChI=1S/C11H13N3O3/c1-4-17-11(15)8-6-12-14-9(16-3)5-7(2)13-10(8)14/h5-6,13H,2,4H2,1,3H3. The number of nitrogens with zero attached hydrogens (tertiary/aromatic N) is 2. The zero-order valence-corrected chi connectivity index (χ0v) is 9.69. The normalized spacial score (nSPS) is 13.5. The number of nitrogens with one attached hydrogen (secondary N) is 1. The number of carbonyl (C=O) groups excluding carboxylic acids is 1. The van der Waals surface area contributed by atoms with Crippen LogP contribution in [0, 0.1) is 0 Å². The Bertz CT molecular complexity index is 502. The van der Waals surface area contributed by atoms with Gasteiger partial charge in [0.05, 0.1) is 19.9 Å². The van der Waals surface area contributed by atoms with Crippen molar-refractivity contribution in [2.75, 3.05) is 19.0 Å². The monoisotopic (exact) mass is 235 g/mol. The van der Waals surface area contributed by atoms with Gasteiger partial charge in [0.2, 0.25) is 5.88 Å². The minimum atomic E-state index is -0.425. The minimum Gasteiger partial charge on any atom is -0.481 e. The van der Waals surface area contributed by atoms with Crippen molar-refractivity contribution >= 4 is 17.7 Å². The number of ether oxygens (including phenoxy) is 2. The van der Waals surface area contributed by atoms with Crippen molar-refractivity contribution < 1.29 is 14.3 Å². The topological polar surface area (TPSA) is 65.4 Å². The second-order valence-electron chi connectivity index (χ2n) is 3.38. The predicted molar refractivity (Wildman–Crippen MR) is 62.2 cm³/mol. The summed E-state index contributed by atoms with van der Waals surface area (Å²) in [4.78, 5) is 11.7. The Labute approximate surface area is 98.5 Å². The van der Waals surface area contributed by atoms with E-state index in [9.17, 15) is 4.79 Å². The maximum atomic E-state index is 11.7. The number of anilines is 1. The number of methoxy groups -OCH3 is 1. The Morgan fingerprint density at radius 2 is 2.41 bits per heavy atom. The van der Waals surface area contributed by atoms with Crippen LogP contribution >= 0.6 is 0 Å². The second kappa shape index (κ2) is 4.32. The average molecular weight is 235 g/mol. The SMILES string of the molecule is C=C1C=C(OC)n2ncc(C(=O)OCC)c2N1. The maximum absolute atomic E-state index is 11.7. The molecule has 0 saturated heterocycles. The van der Waals surface area contributed by atoms with Gasteiger partial charge in [0.25, 0.3) is 0 Å². The summed E-state index contributed by atoms with van der Waals surface area (Å²) < 4.78 is 11.6. The molecule has 0 fully saturated rings. The first kappa shape index (κ1) is 11.3. The van der Waals surface area contributed by atoms with Crippen molar-refractivity contribution in [3.05, 3.63) is 30.1 Å². The number of rotatable bonds is 3. The predicted octanol–water partition coefficient (Wildman–Crippen LogP) is 1.44. The van der Waals surface area contributed by atoms with Crippen molar-refractivity contribution in [2.45, 2.75) is 6.92 Å². The van der Waals surface area contributed by atoms with Gasteiger partial charge in [-0.25, -0.2) is 4.79 Å². The van der Waals surface area contributed by atoms with E-state index in [1.54, 1.807) is 13.0 Å². The van der Waals surface area contributed by atoms with Crippen LogP contribution in [0.2, 0.25) is 0 Å². The number of fused-ring (bicyclic) bond motifs is 1. The molecule has 2 heterocycles. The molecule has 0 saturated carbocycles. The van der Waals surface area contributed by atoms with E-state index in [4.69, 9.17) is 9.47 Å². The third-order valence-electron chi connectivity index (χ3n) is 2.26. The van der Waals surface area contributed by atoms with Gasteiger partial charge in [0, 0.05) is 11.8 Å². The van der Waals surface area contributed by atoms with Crippen LogP contribution in [0.3, 0.4) is 0 Å². The van der Waals surface area contributed by atoms with E-state index < -0.39 is 5.97 Å². The van der Waals surface area contributed by atoms with E-state index in [2.05, 4.69) is 17.0 Å². The fourth-order valence-corrected chi connectivity index (χ4v) is 1.54. The van der Waals surface area contributed by atoms with Gasteiger partial charge in [-0.1, -0.05) is 6.58 Å². The van der Waals surface area contributed by atoms with Crippen LogP contribution < -0.4 is 5.32 Å². The van der Waals surface area contributed by atoms with Crippen molar-refractivity contribution in [2.24, 2.45) is 0 Å². The summed E-state index contributed by atoms with van der Waals surface area (Å²) in [5.41, 5.74) is 0.982. The summed E-state index contributed by atoms with van der Waals surface area (Å²) in [5.74, 6) is 0.582. The molecule has 0 aromatic carbocycles. The molecule has 0 bridgehead atoms. The Hall–Kier alpha value is -2.24. The average Bonchev–Trinajstić information content (AvgIpc) is 2.71. The molecule has 0 amide bonds. The van der Waals surface area contributed by atoms with E-state index in [0.717, 1.165) is 0 Å². The lowest BCUT2D eigenvalue weighted by molar-refractivity contribution is 0.0527. The lowest BCUT2D eigenvalue weighted by Gasteiger charge is -2.18. The van der Waals surface area contributed by atoms with Crippen LogP contribution in [-0.2, 0) is 9.47 Å². The highest BCUT2D eigenvalue weighted by atomic mass is 16.5. The molecule has 0 atom stereocenters. The van der Waals surface area contributed by atoms with E-state index in [1.165, 1.54) is 18.0 Å². The van der Waals surface area contributed by atoms with Crippen LogP contribution in [-0.4, -0.2) is 29.5 Å². The van der Waals surface area contributed by atoms with Crippen LogP contribution in [0.4, 0.5) is 5.82 Å². The van der Waals surface area contributed by atoms with Crippen molar-refractivity contribution in [1.29, 1.82) is 0 Å². The van der Waals surface area contributed by atoms with Crippen molar-refractivity contribution in [3.63, 3.8) is 0 Å². The quantitative estimate of drug-likeness (QED) is 0.803. The molecule has 1 aliphatic heterocycles. The Balaban J connectivity index is 2.42. The molecule has 1 aromatic heterocycles. The molecule has 6 nitrogen and oxygen atoms in total. The van der Waals surface area contributed by atoms with Gasteiger partial charge in [-0.2, -0.15) is 9.78 Å². The summed E-state index contributed by atoms with van der Waals surface area (Å²) in [6.07, 6.45) is 3.13. The Morgan fingerprint density at radius 1 is 1.65 bits per heavy atom. The maximum Gasteiger partial charge on any atom is 0.343 e. The molecule has 2 rings (SSSR count). The Kier molecular flexibility index (Phi) is 2.86. The number of carbonyl (C=O) groups is 1.